The molecule has 0 aromatic heterocycles. The summed E-state index contributed by atoms with van der Waals surface area (Å²) in [6.45, 7) is 3.55. The minimum Gasteiger partial charge on any atom is -0.457 e. The van der Waals surface area contributed by atoms with Crippen LogP contribution < -0.4 is 0 Å². The maximum atomic E-state index is 12.8. The van der Waals surface area contributed by atoms with Crippen LogP contribution in [-0.4, -0.2) is 35.7 Å². The summed E-state index contributed by atoms with van der Waals surface area (Å²) in [7, 11) is 0. The topological polar surface area (TPSA) is 86.7 Å². The zero-order valence-corrected chi connectivity index (χ0v) is 18.2. The van der Waals surface area contributed by atoms with Crippen LogP contribution in [0.2, 0.25) is 0 Å². The average Bonchev–Trinajstić information content (AvgIpc) is 3.56. The number of ether oxygens (including phenoxy) is 2. The van der Waals surface area contributed by atoms with Crippen LogP contribution in [-0.2, 0) is 28.7 Å². The molecule has 7 atom stereocenters. The molecule has 166 valence electrons. The van der Waals surface area contributed by atoms with Gasteiger partial charge in [-0.15, -0.1) is 0 Å². The molecule has 0 radical (unpaired) electrons. The molecule has 6 nitrogen and oxygen atoms in total. The van der Waals surface area contributed by atoms with E-state index in [1.807, 2.05) is 26.0 Å². The van der Waals surface area contributed by atoms with Gasteiger partial charge in [-0.1, -0.05) is 12.2 Å². The van der Waals surface area contributed by atoms with E-state index in [0.717, 1.165) is 25.2 Å². The molecule has 0 saturated heterocycles. The van der Waals surface area contributed by atoms with E-state index in [1.165, 1.54) is 12.8 Å². The number of Topliss-reactive ketones (excluding diaryl/α,β-unsaturated/α-hetero) is 2. The van der Waals surface area contributed by atoms with Gasteiger partial charge in [0.2, 0.25) is 0 Å². The highest BCUT2D eigenvalue weighted by molar-refractivity contribution is 6.01. The van der Waals surface area contributed by atoms with Gasteiger partial charge < -0.3 is 9.47 Å². The molecule has 5 saturated carbocycles. The number of hydrogen-bond donors (Lipinski definition) is 0. The van der Waals surface area contributed by atoms with Gasteiger partial charge in [0.05, 0.1) is 5.92 Å². The van der Waals surface area contributed by atoms with E-state index >= 15 is 0 Å². The Balaban J connectivity index is 1.08. The Morgan fingerprint density at radius 1 is 1.06 bits per heavy atom. The fourth-order valence-electron chi connectivity index (χ4n) is 8.48. The Labute approximate surface area is 182 Å². The fraction of sp³-hybridized carbons (Fsp3) is 0.760. The van der Waals surface area contributed by atoms with Crippen LogP contribution in [0.4, 0.5) is 0 Å². The normalized spacial score (nSPS) is 46.1. The third kappa shape index (κ3) is 2.51. The first-order valence-corrected chi connectivity index (χ1v) is 11.9. The molecule has 7 unspecified atom stereocenters. The highest BCUT2D eigenvalue weighted by atomic mass is 16.6. The van der Waals surface area contributed by atoms with Gasteiger partial charge in [-0.05, 0) is 70.1 Å². The van der Waals surface area contributed by atoms with Crippen molar-refractivity contribution in [1.29, 1.82) is 0 Å². The second-order valence-corrected chi connectivity index (χ2v) is 11.4. The Kier molecular flexibility index (Phi) is 4.00. The number of hydrogen-bond acceptors (Lipinski definition) is 6. The third-order valence-electron chi connectivity index (χ3n) is 9.99. The van der Waals surface area contributed by atoms with Gasteiger partial charge >= 0.3 is 11.9 Å². The lowest BCUT2D eigenvalue weighted by Crippen LogP contribution is -2.45. The first-order chi connectivity index (χ1) is 14.7. The number of esters is 2. The summed E-state index contributed by atoms with van der Waals surface area (Å²) in [5.74, 6) is -1.51. The number of ketones is 2. The highest BCUT2D eigenvalue weighted by Crippen LogP contribution is 2.64. The van der Waals surface area contributed by atoms with Crippen molar-refractivity contribution < 1.29 is 28.7 Å². The van der Waals surface area contributed by atoms with Crippen LogP contribution >= 0.6 is 0 Å². The predicted molar refractivity (Wildman–Crippen MR) is 108 cm³/mol. The van der Waals surface area contributed by atoms with E-state index in [0.29, 0.717) is 6.42 Å². The summed E-state index contributed by atoms with van der Waals surface area (Å²) < 4.78 is 11.2. The average molecular weight is 427 g/mol. The number of carbonyl (C=O) groups is 4. The van der Waals surface area contributed by atoms with Crippen molar-refractivity contribution in [2.24, 2.45) is 52.8 Å². The quantitative estimate of drug-likeness (QED) is 0.382. The first-order valence-electron chi connectivity index (χ1n) is 11.9. The standard InChI is InChI=1S/C25H30O6/c1-24(2,25-7-5-12(10-25)6-8-25)31-17(26)11-30-23(29)16-9-15-18-13-3-4-14(21(13)27)19(18)20(16)22(15)28/h3-4,12-16,18-20H,5-11H2,1-2H3. The highest BCUT2D eigenvalue weighted by Gasteiger charge is 2.69. The molecule has 0 heterocycles. The molecule has 6 aliphatic rings. The molecule has 0 spiro atoms. The van der Waals surface area contributed by atoms with Crippen molar-refractivity contribution >= 4 is 23.5 Å². The SMILES string of the molecule is CC(C)(OC(=O)COC(=O)C1CC2C(=O)C1C1C3C=CC(C3=O)C21)C12CCC(CC1)C2. The lowest BCUT2D eigenvalue weighted by molar-refractivity contribution is -0.180. The van der Waals surface area contributed by atoms with E-state index < -0.39 is 36.0 Å². The maximum absolute atomic E-state index is 12.8. The lowest BCUT2D eigenvalue weighted by Gasteiger charge is -2.42. The minimum atomic E-state index is -0.576. The Bertz CT molecular complexity index is 907. The molecule has 0 aromatic rings. The fourth-order valence-corrected chi connectivity index (χ4v) is 8.48. The number of rotatable bonds is 5. The molecule has 0 amide bonds. The second-order valence-electron chi connectivity index (χ2n) is 11.4. The van der Waals surface area contributed by atoms with Crippen LogP contribution in [0.15, 0.2) is 12.2 Å². The molecule has 5 fully saturated rings. The third-order valence-corrected chi connectivity index (χ3v) is 9.99. The van der Waals surface area contributed by atoms with E-state index in [2.05, 4.69) is 0 Å². The molecule has 6 bridgehead atoms. The van der Waals surface area contributed by atoms with Crippen molar-refractivity contribution in [3.63, 3.8) is 0 Å². The van der Waals surface area contributed by atoms with Crippen LogP contribution in [0.1, 0.15) is 52.4 Å². The summed E-state index contributed by atoms with van der Waals surface area (Å²) >= 11 is 0. The predicted octanol–water partition coefficient (Wildman–Crippen LogP) is 2.88. The van der Waals surface area contributed by atoms with Gasteiger partial charge in [-0.25, -0.2) is 4.79 Å². The Morgan fingerprint density at radius 2 is 1.74 bits per heavy atom. The van der Waals surface area contributed by atoms with Crippen molar-refractivity contribution in [3.05, 3.63) is 12.2 Å². The van der Waals surface area contributed by atoms with E-state index in [-0.39, 0.29) is 46.6 Å². The zero-order valence-electron chi connectivity index (χ0n) is 18.2. The molecule has 6 heteroatoms. The van der Waals surface area contributed by atoms with E-state index in [4.69, 9.17) is 9.47 Å². The van der Waals surface area contributed by atoms with Crippen molar-refractivity contribution in [2.45, 2.75) is 58.0 Å². The first kappa shape index (κ1) is 19.7. The van der Waals surface area contributed by atoms with Crippen LogP contribution in [0, 0.1) is 52.8 Å². The summed E-state index contributed by atoms with van der Waals surface area (Å²) in [6, 6.07) is 0. The monoisotopic (exact) mass is 426 g/mol. The number of allylic oxidation sites excluding steroid dienone is 2. The van der Waals surface area contributed by atoms with Crippen LogP contribution in [0.3, 0.4) is 0 Å². The van der Waals surface area contributed by atoms with Gasteiger partial charge in [-0.3, -0.25) is 14.4 Å². The smallest absolute Gasteiger partial charge is 0.344 e. The lowest BCUT2D eigenvalue weighted by atomic mass is 9.69. The molecular weight excluding hydrogens is 396 g/mol. The second kappa shape index (κ2) is 6.29. The zero-order chi connectivity index (χ0) is 21.7. The molecule has 0 N–H and O–H groups in total. The Hall–Kier alpha value is -1.98. The number of fused-ring (bicyclic) bond motifs is 11. The van der Waals surface area contributed by atoms with Crippen LogP contribution in [0.25, 0.3) is 0 Å². The van der Waals surface area contributed by atoms with E-state index in [1.54, 1.807) is 0 Å². The van der Waals surface area contributed by atoms with E-state index in [9.17, 15) is 19.2 Å². The minimum absolute atomic E-state index is 0.0468. The van der Waals surface area contributed by atoms with Crippen LogP contribution in [0.5, 0.6) is 0 Å². The van der Waals surface area contributed by atoms with Gasteiger partial charge in [0.15, 0.2) is 6.61 Å². The van der Waals surface area contributed by atoms with Crippen molar-refractivity contribution in [2.75, 3.05) is 6.61 Å². The summed E-state index contributed by atoms with van der Waals surface area (Å²) in [6.07, 6.45) is 10.00. The molecule has 6 rings (SSSR count). The molecule has 0 aliphatic heterocycles. The van der Waals surface area contributed by atoms with Crippen molar-refractivity contribution in [3.8, 4) is 0 Å². The molecule has 31 heavy (non-hydrogen) atoms. The maximum Gasteiger partial charge on any atom is 0.344 e. The molecule has 6 aliphatic carbocycles. The van der Waals surface area contributed by atoms with Gasteiger partial charge in [0.1, 0.15) is 17.2 Å². The summed E-state index contributed by atoms with van der Waals surface area (Å²) in [5, 5.41) is 0. The van der Waals surface area contributed by atoms with Gasteiger partial charge in [0.25, 0.3) is 0 Å². The van der Waals surface area contributed by atoms with Gasteiger partial charge in [0, 0.05) is 29.1 Å². The van der Waals surface area contributed by atoms with Gasteiger partial charge in [-0.2, -0.15) is 0 Å². The summed E-state index contributed by atoms with van der Waals surface area (Å²) in [4.78, 5) is 50.6. The van der Waals surface area contributed by atoms with Crippen molar-refractivity contribution in [1.82, 2.24) is 0 Å². The Morgan fingerprint density at radius 3 is 2.39 bits per heavy atom. The molecule has 0 aromatic carbocycles. The molecular formula is C25H30O6. The summed E-state index contributed by atoms with van der Waals surface area (Å²) in [5.41, 5.74) is -0.529. The number of carbonyl (C=O) groups excluding carboxylic acids is 4. The largest absolute Gasteiger partial charge is 0.457 e.